The lowest BCUT2D eigenvalue weighted by atomic mass is 9.90. The lowest BCUT2D eigenvalue weighted by molar-refractivity contribution is 0.0190. The first-order chi connectivity index (χ1) is 10.4. The van der Waals surface area contributed by atoms with Crippen molar-refractivity contribution in [2.24, 2.45) is 5.41 Å². The van der Waals surface area contributed by atoms with Gasteiger partial charge < -0.3 is 9.80 Å². The Morgan fingerprint density at radius 3 is 2.41 bits per heavy atom. The average Bonchev–Trinajstić information content (AvgIpc) is 2.88. The Hall–Kier alpha value is -0.160. The molecule has 0 N–H and O–H groups in total. The topological polar surface area (TPSA) is 13.0 Å². The second kappa shape index (κ2) is 6.76. The molecule has 0 spiro atoms. The summed E-state index contributed by atoms with van der Waals surface area (Å²) in [5.41, 5.74) is 0.394. The van der Waals surface area contributed by atoms with Crippen molar-refractivity contribution in [1.29, 1.82) is 0 Å². The summed E-state index contributed by atoms with van der Waals surface area (Å²) in [5, 5.41) is 0. The molecule has 0 bridgehead atoms. The predicted octanol–water partition coefficient (Wildman–Crippen LogP) is 1.43. The highest BCUT2D eigenvalue weighted by Crippen LogP contribution is 2.28. The van der Waals surface area contributed by atoms with E-state index >= 15 is 0 Å². The zero-order valence-electron chi connectivity index (χ0n) is 15.2. The van der Waals surface area contributed by atoms with Crippen LogP contribution in [0.5, 0.6) is 0 Å². The molecule has 0 aromatic carbocycles. The van der Waals surface area contributed by atoms with Crippen molar-refractivity contribution in [1.82, 2.24) is 19.6 Å². The molecule has 3 saturated heterocycles. The van der Waals surface area contributed by atoms with Crippen LogP contribution in [0.1, 0.15) is 33.6 Å². The lowest BCUT2D eigenvalue weighted by Crippen LogP contribution is -2.58. The first-order valence-electron chi connectivity index (χ1n) is 9.32. The molecule has 0 aromatic rings. The van der Waals surface area contributed by atoms with Gasteiger partial charge in [-0.15, -0.1) is 0 Å². The molecule has 3 aliphatic rings. The van der Waals surface area contributed by atoms with Gasteiger partial charge in [-0.1, -0.05) is 13.8 Å². The molecule has 0 aliphatic carbocycles. The maximum absolute atomic E-state index is 2.78. The van der Waals surface area contributed by atoms with Crippen molar-refractivity contribution in [2.75, 3.05) is 66.0 Å². The van der Waals surface area contributed by atoms with Gasteiger partial charge in [0.05, 0.1) is 0 Å². The van der Waals surface area contributed by atoms with Crippen LogP contribution < -0.4 is 0 Å². The standard InChI is InChI=1S/C18H36N4/c1-16-12-21-7-5-6-17(21)13-22(16)15-18(2,3)14-20-10-8-19(4)9-11-20/h16-17H,5-15H2,1-4H3/t16-,17-/m1/s1. The van der Waals surface area contributed by atoms with Crippen LogP contribution in [-0.2, 0) is 0 Å². The minimum absolute atomic E-state index is 0.394. The van der Waals surface area contributed by atoms with E-state index in [1.165, 1.54) is 71.7 Å². The molecule has 4 heteroatoms. The minimum Gasteiger partial charge on any atom is -0.304 e. The van der Waals surface area contributed by atoms with Gasteiger partial charge >= 0.3 is 0 Å². The Labute approximate surface area is 137 Å². The Morgan fingerprint density at radius 2 is 1.68 bits per heavy atom. The van der Waals surface area contributed by atoms with Gasteiger partial charge in [-0.05, 0) is 38.8 Å². The number of piperazine rings is 2. The van der Waals surface area contributed by atoms with E-state index in [9.17, 15) is 0 Å². The van der Waals surface area contributed by atoms with Crippen molar-refractivity contribution in [2.45, 2.75) is 45.7 Å². The highest BCUT2D eigenvalue weighted by atomic mass is 15.3. The van der Waals surface area contributed by atoms with E-state index in [4.69, 9.17) is 0 Å². The fourth-order valence-electron chi connectivity index (χ4n) is 4.68. The molecule has 3 rings (SSSR count). The first kappa shape index (κ1) is 16.7. The summed E-state index contributed by atoms with van der Waals surface area (Å²) in [6.45, 7) is 18.7. The van der Waals surface area contributed by atoms with E-state index in [1.807, 2.05) is 0 Å². The smallest absolute Gasteiger partial charge is 0.0224 e. The van der Waals surface area contributed by atoms with E-state index in [2.05, 4.69) is 47.4 Å². The number of hydrogen-bond acceptors (Lipinski definition) is 4. The minimum atomic E-state index is 0.394. The Balaban J connectivity index is 1.52. The first-order valence-corrected chi connectivity index (χ1v) is 9.32. The van der Waals surface area contributed by atoms with Crippen LogP contribution in [0.2, 0.25) is 0 Å². The van der Waals surface area contributed by atoms with Gasteiger partial charge in [-0.2, -0.15) is 0 Å². The second-order valence-corrected chi connectivity index (χ2v) is 8.81. The Bertz CT molecular complexity index is 362. The number of hydrogen-bond donors (Lipinski definition) is 0. The van der Waals surface area contributed by atoms with Crippen LogP contribution in [0.15, 0.2) is 0 Å². The highest BCUT2D eigenvalue weighted by Gasteiger charge is 2.36. The van der Waals surface area contributed by atoms with Crippen LogP contribution in [0.3, 0.4) is 0 Å². The van der Waals surface area contributed by atoms with Gasteiger partial charge in [0.15, 0.2) is 0 Å². The molecule has 4 nitrogen and oxygen atoms in total. The maximum atomic E-state index is 2.78. The molecule has 0 amide bonds. The van der Waals surface area contributed by atoms with E-state index in [0.29, 0.717) is 5.41 Å². The predicted molar refractivity (Wildman–Crippen MR) is 93.3 cm³/mol. The molecular formula is C18H36N4. The second-order valence-electron chi connectivity index (χ2n) is 8.81. The molecule has 0 unspecified atom stereocenters. The summed E-state index contributed by atoms with van der Waals surface area (Å²) in [4.78, 5) is 10.6. The zero-order valence-corrected chi connectivity index (χ0v) is 15.2. The van der Waals surface area contributed by atoms with Gasteiger partial charge in [0.25, 0.3) is 0 Å². The maximum Gasteiger partial charge on any atom is 0.0224 e. The summed E-state index contributed by atoms with van der Waals surface area (Å²) in [5.74, 6) is 0. The van der Waals surface area contributed by atoms with E-state index in [-0.39, 0.29) is 0 Å². The summed E-state index contributed by atoms with van der Waals surface area (Å²) < 4.78 is 0. The molecule has 0 saturated carbocycles. The molecule has 22 heavy (non-hydrogen) atoms. The average molecular weight is 309 g/mol. The molecule has 2 atom stereocenters. The van der Waals surface area contributed by atoms with Crippen LogP contribution in [0, 0.1) is 5.41 Å². The summed E-state index contributed by atoms with van der Waals surface area (Å²) in [6.07, 6.45) is 2.83. The van der Waals surface area contributed by atoms with E-state index in [1.54, 1.807) is 0 Å². The molecule has 3 fully saturated rings. The third kappa shape index (κ3) is 4.02. The van der Waals surface area contributed by atoms with Crippen molar-refractivity contribution in [3.63, 3.8) is 0 Å². The Morgan fingerprint density at radius 1 is 0.955 bits per heavy atom. The molecule has 3 aliphatic heterocycles. The van der Waals surface area contributed by atoms with Crippen molar-refractivity contribution in [3.8, 4) is 0 Å². The normalized spacial score (nSPS) is 33.3. The van der Waals surface area contributed by atoms with E-state index in [0.717, 1.165) is 12.1 Å². The summed E-state index contributed by atoms with van der Waals surface area (Å²) in [7, 11) is 2.24. The molecule has 3 heterocycles. The Kier molecular flexibility index (Phi) is 5.13. The number of nitrogens with zero attached hydrogens (tertiary/aromatic N) is 4. The van der Waals surface area contributed by atoms with Crippen LogP contribution in [0.4, 0.5) is 0 Å². The van der Waals surface area contributed by atoms with Crippen molar-refractivity contribution < 1.29 is 0 Å². The molecule has 128 valence electrons. The monoisotopic (exact) mass is 308 g/mol. The number of rotatable bonds is 4. The quantitative estimate of drug-likeness (QED) is 0.779. The summed E-state index contributed by atoms with van der Waals surface area (Å²) >= 11 is 0. The third-order valence-electron chi connectivity index (χ3n) is 5.95. The van der Waals surface area contributed by atoms with Crippen LogP contribution in [-0.4, -0.2) is 97.6 Å². The number of fused-ring (bicyclic) bond motifs is 1. The van der Waals surface area contributed by atoms with Gasteiger partial charge in [-0.25, -0.2) is 0 Å². The third-order valence-corrected chi connectivity index (χ3v) is 5.95. The largest absolute Gasteiger partial charge is 0.304 e. The fraction of sp³-hybridized carbons (Fsp3) is 1.00. The van der Waals surface area contributed by atoms with Crippen LogP contribution in [0.25, 0.3) is 0 Å². The SMILES string of the molecule is C[C@@H]1CN2CCC[C@@H]2CN1CC(C)(C)CN1CCN(C)CC1. The van der Waals surface area contributed by atoms with Crippen LogP contribution >= 0.6 is 0 Å². The van der Waals surface area contributed by atoms with Gasteiger partial charge in [0, 0.05) is 64.4 Å². The van der Waals surface area contributed by atoms with E-state index < -0.39 is 0 Å². The zero-order chi connectivity index (χ0) is 15.7. The van der Waals surface area contributed by atoms with Gasteiger partial charge in [0.1, 0.15) is 0 Å². The highest BCUT2D eigenvalue weighted by molar-refractivity contribution is 4.93. The summed E-state index contributed by atoms with van der Waals surface area (Å²) in [6, 6.07) is 1.57. The lowest BCUT2D eigenvalue weighted by Gasteiger charge is -2.46. The van der Waals surface area contributed by atoms with Gasteiger partial charge in [-0.3, -0.25) is 9.80 Å². The van der Waals surface area contributed by atoms with Crippen molar-refractivity contribution >= 4 is 0 Å². The fourth-order valence-corrected chi connectivity index (χ4v) is 4.68. The molecular weight excluding hydrogens is 272 g/mol. The molecule has 0 aromatic heterocycles. The van der Waals surface area contributed by atoms with Gasteiger partial charge in [0.2, 0.25) is 0 Å². The molecule has 0 radical (unpaired) electrons. The van der Waals surface area contributed by atoms with Crippen molar-refractivity contribution in [3.05, 3.63) is 0 Å². The number of likely N-dealkylation sites (N-methyl/N-ethyl adjacent to an activating group) is 1.